The van der Waals surface area contributed by atoms with E-state index in [-0.39, 0.29) is 6.61 Å². The summed E-state index contributed by atoms with van der Waals surface area (Å²) in [6.45, 7) is 2.02. The van der Waals surface area contributed by atoms with Crippen LogP contribution in [0.1, 0.15) is 21.6 Å². The topological polar surface area (TPSA) is 65.2 Å². The molecule has 0 aliphatic carbocycles. The summed E-state index contributed by atoms with van der Waals surface area (Å²) in [5.74, 6) is -0.439. The number of nitrogens with two attached hydrogens (primary N) is 1. The van der Waals surface area contributed by atoms with Gasteiger partial charge < -0.3 is 10.5 Å². The second kappa shape index (κ2) is 5.84. The predicted octanol–water partition coefficient (Wildman–Crippen LogP) is 3.09. The van der Waals surface area contributed by atoms with Gasteiger partial charge in [0.15, 0.2) is 0 Å². The number of anilines is 1. The van der Waals surface area contributed by atoms with Crippen LogP contribution >= 0.6 is 15.9 Å². The van der Waals surface area contributed by atoms with Gasteiger partial charge in [-0.15, -0.1) is 0 Å². The Bertz CT molecular complexity index is 597. The number of hydrogen-bond acceptors (Lipinski definition) is 4. The second-order valence-electron chi connectivity index (χ2n) is 4.13. The average Bonchev–Trinajstić information content (AvgIpc) is 2.40. The molecule has 0 aliphatic rings. The Balaban J connectivity index is 2.05. The molecule has 0 spiro atoms. The maximum absolute atomic E-state index is 11.9. The van der Waals surface area contributed by atoms with Gasteiger partial charge in [-0.25, -0.2) is 4.79 Å². The minimum Gasteiger partial charge on any atom is -0.456 e. The van der Waals surface area contributed by atoms with Crippen molar-refractivity contribution in [3.63, 3.8) is 0 Å². The van der Waals surface area contributed by atoms with Gasteiger partial charge in [-0.3, -0.25) is 4.98 Å². The van der Waals surface area contributed by atoms with Gasteiger partial charge in [-0.2, -0.15) is 0 Å². The number of esters is 1. The maximum Gasteiger partial charge on any atom is 0.340 e. The van der Waals surface area contributed by atoms with E-state index in [9.17, 15) is 4.79 Å². The first kappa shape index (κ1) is 13.5. The Hall–Kier alpha value is -1.88. The summed E-state index contributed by atoms with van der Waals surface area (Å²) in [6.07, 6.45) is 1.66. The van der Waals surface area contributed by atoms with Gasteiger partial charge in [-0.1, -0.05) is 11.6 Å². The monoisotopic (exact) mass is 320 g/mol. The molecular weight excluding hydrogens is 308 g/mol. The average molecular weight is 321 g/mol. The van der Waals surface area contributed by atoms with Crippen LogP contribution in [0.3, 0.4) is 0 Å². The molecule has 2 rings (SSSR count). The van der Waals surface area contributed by atoms with E-state index >= 15 is 0 Å². The van der Waals surface area contributed by atoms with E-state index in [1.165, 1.54) is 0 Å². The first-order chi connectivity index (χ1) is 9.06. The molecule has 1 aromatic heterocycles. The number of rotatable bonds is 3. The number of benzene rings is 1. The van der Waals surface area contributed by atoms with Gasteiger partial charge >= 0.3 is 5.97 Å². The molecule has 0 saturated heterocycles. The van der Waals surface area contributed by atoms with Gasteiger partial charge in [0.25, 0.3) is 0 Å². The highest BCUT2D eigenvalue weighted by atomic mass is 79.9. The van der Waals surface area contributed by atoms with Crippen molar-refractivity contribution in [1.29, 1.82) is 0 Å². The van der Waals surface area contributed by atoms with Crippen LogP contribution in [0.2, 0.25) is 0 Å². The summed E-state index contributed by atoms with van der Waals surface area (Å²) in [6, 6.07) is 8.90. The van der Waals surface area contributed by atoms with Crippen molar-refractivity contribution >= 4 is 27.6 Å². The zero-order valence-corrected chi connectivity index (χ0v) is 12.0. The number of ether oxygens (including phenoxy) is 1. The number of pyridine rings is 1. The number of halogens is 1. The lowest BCUT2D eigenvalue weighted by atomic mass is 10.1. The smallest absolute Gasteiger partial charge is 0.340 e. The summed E-state index contributed by atoms with van der Waals surface area (Å²) < 4.78 is 6.07. The number of carbonyl (C=O) groups is 1. The van der Waals surface area contributed by atoms with E-state index in [1.807, 2.05) is 19.1 Å². The van der Waals surface area contributed by atoms with E-state index in [4.69, 9.17) is 10.5 Å². The van der Waals surface area contributed by atoms with E-state index in [2.05, 4.69) is 20.9 Å². The van der Waals surface area contributed by atoms with Gasteiger partial charge in [0, 0.05) is 16.4 Å². The standard InChI is InChI=1S/C14H13BrN2O2/c1-9-2-5-13(16)12(6-9)14(18)19-8-11-4-3-10(15)7-17-11/h2-7H,8,16H2,1H3. The molecule has 1 aromatic carbocycles. The molecule has 0 bridgehead atoms. The van der Waals surface area contributed by atoms with Crippen LogP contribution in [0, 0.1) is 6.92 Å². The lowest BCUT2D eigenvalue weighted by Gasteiger charge is -2.07. The molecule has 0 atom stereocenters. The lowest BCUT2D eigenvalue weighted by molar-refractivity contribution is 0.0469. The molecule has 2 N–H and O–H groups in total. The third kappa shape index (κ3) is 3.54. The maximum atomic E-state index is 11.9. The van der Waals surface area contributed by atoms with Crippen LogP contribution in [-0.4, -0.2) is 11.0 Å². The van der Waals surface area contributed by atoms with Crippen molar-refractivity contribution in [2.75, 3.05) is 5.73 Å². The van der Waals surface area contributed by atoms with Crippen molar-refractivity contribution in [3.05, 3.63) is 57.8 Å². The number of carbonyl (C=O) groups excluding carboxylic acids is 1. The lowest BCUT2D eigenvalue weighted by Crippen LogP contribution is -2.09. The fourth-order valence-electron chi connectivity index (χ4n) is 1.56. The Morgan fingerprint density at radius 2 is 2.16 bits per heavy atom. The number of aryl methyl sites for hydroxylation is 1. The van der Waals surface area contributed by atoms with Crippen LogP contribution in [0.15, 0.2) is 41.0 Å². The fourth-order valence-corrected chi connectivity index (χ4v) is 1.79. The summed E-state index contributed by atoms with van der Waals surface area (Å²) in [7, 11) is 0. The summed E-state index contributed by atoms with van der Waals surface area (Å²) in [5, 5.41) is 0. The Labute approximate surface area is 119 Å². The number of aromatic nitrogens is 1. The van der Waals surface area contributed by atoms with Crippen molar-refractivity contribution in [2.24, 2.45) is 0 Å². The van der Waals surface area contributed by atoms with Crippen LogP contribution in [0.25, 0.3) is 0 Å². The molecule has 0 unspecified atom stereocenters. The van der Waals surface area contributed by atoms with E-state index in [1.54, 1.807) is 24.4 Å². The molecule has 0 amide bonds. The van der Waals surface area contributed by atoms with Crippen molar-refractivity contribution in [2.45, 2.75) is 13.5 Å². The normalized spacial score (nSPS) is 10.2. The zero-order valence-electron chi connectivity index (χ0n) is 10.4. The Kier molecular flexibility index (Phi) is 4.16. The highest BCUT2D eigenvalue weighted by Gasteiger charge is 2.11. The summed E-state index contributed by atoms with van der Waals surface area (Å²) >= 11 is 3.29. The molecule has 19 heavy (non-hydrogen) atoms. The highest BCUT2D eigenvalue weighted by molar-refractivity contribution is 9.10. The van der Waals surface area contributed by atoms with E-state index < -0.39 is 5.97 Å². The Morgan fingerprint density at radius 3 is 2.84 bits per heavy atom. The molecule has 0 saturated carbocycles. The van der Waals surface area contributed by atoms with Crippen LogP contribution < -0.4 is 5.73 Å². The first-order valence-corrected chi connectivity index (χ1v) is 6.49. The third-order valence-corrected chi connectivity index (χ3v) is 3.04. The first-order valence-electron chi connectivity index (χ1n) is 5.70. The molecule has 0 fully saturated rings. The molecule has 0 aliphatic heterocycles. The predicted molar refractivity (Wildman–Crippen MR) is 76.6 cm³/mol. The van der Waals surface area contributed by atoms with Gasteiger partial charge in [0.05, 0.1) is 11.3 Å². The van der Waals surface area contributed by atoms with Crippen molar-refractivity contribution in [1.82, 2.24) is 4.98 Å². The molecule has 1 heterocycles. The van der Waals surface area contributed by atoms with E-state index in [0.717, 1.165) is 10.0 Å². The van der Waals surface area contributed by atoms with E-state index in [0.29, 0.717) is 16.9 Å². The van der Waals surface area contributed by atoms with Crippen molar-refractivity contribution < 1.29 is 9.53 Å². The molecule has 98 valence electrons. The van der Waals surface area contributed by atoms with Crippen LogP contribution in [0.5, 0.6) is 0 Å². The van der Waals surface area contributed by atoms with Gasteiger partial charge in [0.1, 0.15) is 6.61 Å². The Morgan fingerprint density at radius 1 is 1.37 bits per heavy atom. The summed E-state index contributed by atoms with van der Waals surface area (Å²) in [4.78, 5) is 16.0. The fraction of sp³-hybridized carbons (Fsp3) is 0.143. The van der Waals surface area contributed by atoms with Gasteiger partial charge in [-0.05, 0) is 47.1 Å². The number of nitrogens with zero attached hydrogens (tertiary/aromatic N) is 1. The second-order valence-corrected chi connectivity index (χ2v) is 5.05. The largest absolute Gasteiger partial charge is 0.456 e. The molecule has 0 radical (unpaired) electrons. The molecule has 4 nitrogen and oxygen atoms in total. The van der Waals surface area contributed by atoms with Gasteiger partial charge in [0.2, 0.25) is 0 Å². The third-order valence-electron chi connectivity index (χ3n) is 2.57. The summed E-state index contributed by atoms with van der Waals surface area (Å²) in [5.41, 5.74) is 8.20. The SMILES string of the molecule is Cc1ccc(N)c(C(=O)OCc2ccc(Br)cn2)c1. The van der Waals surface area contributed by atoms with Crippen LogP contribution in [0.4, 0.5) is 5.69 Å². The number of hydrogen-bond donors (Lipinski definition) is 1. The zero-order chi connectivity index (χ0) is 13.8. The minimum absolute atomic E-state index is 0.124. The minimum atomic E-state index is -0.439. The van der Waals surface area contributed by atoms with Crippen molar-refractivity contribution in [3.8, 4) is 0 Å². The molecular formula is C14H13BrN2O2. The highest BCUT2D eigenvalue weighted by Crippen LogP contribution is 2.16. The number of nitrogen functional groups attached to an aromatic ring is 1. The molecule has 2 aromatic rings. The quantitative estimate of drug-likeness (QED) is 0.697. The van der Waals surface area contributed by atoms with Crippen LogP contribution in [-0.2, 0) is 11.3 Å². The molecule has 5 heteroatoms.